The van der Waals surface area contributed by atoms with Gasteiger partial charge in [0, 0.05) is 25.2 Å². The molecule has 2 aliphatic rings. The fraction of sp³-hybridized carbons (Fsp3) is 0.368. The molecule has 4 rings (SSSR count). The van der Waals surface area contributed by atoms with Crippen LogP contribution >= 0.6 is 11.6 Å². The largest absolute Gasteiger partial charge is 0.454 e. The molecule has 1 fully saturated rings. The number of rotatable bonds is 4. The second-order valence-corrected chi connectivity index (χ2v) is 6.86. The Bertz CT molecular complexity index is 860. The van der Waals surface area contributed by atoms with Gasteiger partial charge in [0.1, 0.15) is 11.9 Å². The van der Waals surface area contributed by atoms with Crippen molar-refractivity contribution in [2.45, 2.75) is 18.3 Å². The Balaban J connectivity index is 1.60. The quantitative estimate of drug-likeness (QED) is 0.886. The summed E-state index contributed by atoms with van der Waals surface area (Å²) in [6, 6.07) is 11.6. The van der Waals surface area contributed by atoms with Gasteiger partial charge in [-0.05, 0) is 42.7 Å². The lowest BCUT2D eigenvalue weighted by Crippen LogP contribution is -2.40. The lowest BCUT2D eigenvalue weighted by molar-refractivity contribution is 0.0543. The molecule has 0 amide bonds. The summed E-state index contributed by atoms with van der Waals surface area (Å²) in [6.07, 6.45) is 1.77. The van der Waals surface area contributed by atoms with E-state index in [0.29, 0.717) is 30.6 Å². The first kappa shape index (κ1) is 17.0. The van der Waals surface area contributed by atoms with Crippen LogP contribution in [-0.2, 0) is 10.2 Å². The molecule has 0 bridgehead atoms. The second-order valence-electron chi connectivity index (χ2n) is 6.45. The molecule has 0 spiro atoms. The van der Waals surface area contributed by atoms with Crippen LogP contribution in [0.5, 0.6) is 11.5 Å². The SMILES string of the molecule is N#Cc1nc(NCC2(c3ccc4c(c3)OCO4)CCOCC2)ccc1Cl. The van der Waals surface area contributed by atoms with Gasteiger partial charge in [-0.3, -0.25) is 0 Å². The minimum atomic E-state index is -0.104. The lowest BCUT2D eigenvalue weighted by Gasteiger charge is -2.38. The van der Waals surface area contributed by atoms with Crippen molar-refractivity contribution in [1.29, 1.82) is 5.26 Å². The summed E-state index contributed by atoms with van der Waals surface area (Å²) in [5.41, 5.74) is 1.31. The average molecular weight is 372 g/mol. The van der Waals surface area contributed by atoms with Crippen molar-refractivity contribution in [2.24, 2.45) is 0 Å². The Morgan fingerprint density at radius 3 is 2.77 bits per heavy atom. The minimum absolute atomic E-state index is 0.104. The van der Waals surface area contributed by atoms with Crippen LogP contribution in [0.1, 0.15) is 24.1 Å². The molecule has 0 atom stereocenters. The van der Waals surface area contributed by atoms with E-state index in [1.54, 1.807) is 12.1 Å². The number of nitrogens with zero attached hydrogens (tertiary/aromatic N) is 2. The fourth-order valence-electron chi connectivity index (χ4n) is 3.43. The van der Waals surface area contributed by atoms with Crippen molar-refractivity contribution in [2.75, 3.05) is 31.9 Å². The van der Waals surface area contributed by atoms with Crippen LogP contribution < -0.4 is 14.8 Å². The number of hydrogen-bond acceptors (Lipinski definition) is 6. The summed E-state index contributed by atoms with van der Waals surface area (Å²) in [6.45, 7) is 2.34. The van der Waals surface area contributed by atoms with E-state index >= 15 is 0 Å². The van der Waals surface area contributed by atoms with E-state index in [2.05, 4.69) is 22.4 Å². The Hall–Kier alpha value is -2.49. The first-order valence-electron chi connectivity index (χ1n) is 8.49. The van der Waals surface area contributed by atoms with Crippen LogP contribution in [0, 0.1) is 11.3 Å². The van der Waals surface area contributed by atoms with E-state index in [9.17, 15) is 0 Å². The van der Waals surface area contributed by atoms with Crippen LogP contribution in [0.3, 0.4) is 0 Å². The van der Waals surface area contributed by atoms with E-state index in [1.807, 2.05) is 12.1 Å². The van der Waals surface area contributed by atoms with Crippen molar-refractivity contribution >= 4 is 17.4 Å². The molecule has 1 N–H and O–H groups in total. The third-order valence-corrected chi connectivity index (χ3v) is 5.30. The van der Waals surface area contributed by atoms with Gasteiger partial charge in [0.25, 0.3) is 0 Å². The Morgan fingerprint density at radius 2 is 1.96 bits per heavy atom. The molecular weight excluding hydrogens is 354 g/mol. The zero-order valence-electron chi connectivity index (χ0n) is 14.1. The maximum absolute atomic E-state index is 9.11. The van der Waals surface area contributed by atoms with E-state index in [1.165, 1.54) is 5.56 Å². The van der Waals surface area contributed by atoms with E-state index in [0.717, 1.165) is 24.3 Å². The summed E-state index contributed by atoms with van der Waals surface area (Å²) in [5, 5.41) is 12.8. The molecule has 6 nitrogen and oxygen atoms in total. The predicted octanol–water partition coefficient (Wildman–Crippen LogP) is 3.50. The van der Waals surface area contributed by atoms with Crippen molar-refractivity contribution in [3.63, 3.8) is 0 Å². The van der Waals surface area contributed by atoms with Crippen molar-refractivity contribution < 1.29 is 14.2 Å². The zero-order valence-corrected chi connectivity index (χ0v) is 14.9. The molecule has 3 heterocycles. The number of ether oxygens (including phenoxy) is 3. The molecule has 26 heavy (non-hydrogen) atoms. The monoisotopic (exact) mass is 371 g/mol. The number of nitrogens with one attached hydrogen (secondary N) is 1. The molecule has 134 valence electrons. The molecule has 2 aromatic rings. The summed E-state index contributed by atoms with van der Waals surface area (Å²) >= 11 is 5.97. The maximum Gasteiger partial charge on any atom is 0.231 e. The zero-order chi connectivity index (χ0) is 18.0. The molecule has 1 aromatic carbocycles. The molecular formula is C19H18ClN3O3. The van der Waals surface area contributed by atoms with Crippen LogP contribution in [0.25, 0.3) is 0 Å². The first-order valence-corrected chi connectivity index (χ1v) is 8.86. The molecule has 1 aromatic heterocycles. The summed E-state index contributed by atoms with van der Waals surface area (Å²) in [7, 11) is 0. The summed E-state index contributed by atoms with van der Waals surface area (Å²) < 4.78 is 16.6. The Labute approximate surface area is 156 Å². The van der Waals surface area contributed by atoms with Gasteiger partial charge >= 0.3 is 0 Å². The molecule has 7 heteroatoms. The number of anilines is 1. The molecule has 2 aliphatic heterocycles. The van der Waals surface area contributed by atoms with E-state index in [-0.39, 0.29) is 17.9 Å². The number of hydrogen-bond donors (Lipinski definition) is 1. The predicted molar refractivity (Wildman–Crippen MR) is 96.7 cm³/mol. The number of halogens is 1. The highest BCUT2D eigenvalue weighted by Crippen LogP contribution is 2.41. The highest BCUT2D eigenvalue weighted by molar-refractivity contribution is 6.31. The minimum Gasteiger partial charge on any atom is -0.454 e. The highest BCUT2D eigenvalue weighted by atomic mass is 35.5. The first-order chi connectivity index (χ1) is 12.7. The second kappa shape index (κ2) is 7.02. The Morgan fingerprint density at radius 1 is 1.15 bits per heavy atom. The molecule has 0 unspecified atom stereocenters. The smallest absolute Gasteiger partial charge is 0.231 e. The third kappa shape index (κ3) is 3.16. The summed E-state index contributed by atoms with van der Waals surface area (Å²) in [5.74, 6) is 2.20. The number of benzene rings is 1. The van der Waals surface area contributed by atoms with Crippen LogP contribution in [0.4, 0.5) is 5.82 Å². The lowest BCUT2D eigenvalue weighted by atomic mass is 9.74. The van der Waals surface area contributed by atoms with Crippen LogP contribution in [-0.4, -0.2) is 31.5 Å². The normalized spacial score (nSPS) is 17.5. The maximum atomic E-state index is 9.11. The average Bonchev–Trinajstić information content (AvgIpc) is 3.16. The van der Waals surface area contributed by atoms with E-state index < -0.39 is 0 Å². The number of fused-ring (bicyclic) bond motifs is 1. The Kier molecular flexibility index (Phi) is 4.58. The van der Waals surface area contributed by atoms with Gasteiger partial charge in [-0.25, -0.2) is 4.98 Å². The van der Waals surface area contributed by atoms with Gasteiger partial charge in [-0.15, -0.1) is 0 Å². The molecule has 0 saturated carbocycles. The van der Waals surface area contributed by atoms with Crippen LogP contribution in [0.15, 0.2) is 30.3 Å². The number of pyridine rings is 1. The molecule has 0 radical (unpaired) electrons. The van der Waals surface area contributed by atoms with Crippen LogP contribution in [0.2, 0.25) is 5.02 Å². The standard InChI is InChI=1S/C19H18ClN3O3/c20-14-2-4-18(23-15(14)10-21)22-11-19(5-7-24-8-6-19)13-1-3-16-17(9-13)26-12-25-16/h1-4,9H,5-8,11-12H2,(H,22,23). The number of nitriles is 1. The number of aromatic nitrogens is 1. The van der Waals surface area contributed by atoms with Gasteiger partial charge in [0.15, 0.2) is 17.2 Å². The van der Waals surface area contributed by atoms with Gasteiger partial charge in [-0.2, -0.15) is 5.26 Å². The van der Waals surface area contributed by atoms with Crippen molar-refractivity contribution in [3.05, 3.63) is 46.6 Å². The van der Waals surface area contributed by atoms with Crippen molar-refractivity contribution in [3.8, 4) is 17.6 Å². The van der Waals surface area contributed by atoms with Gasteiger partial charge in [0.05, 0.1) is 5.02 Å². The van der Waals surface area contributed by atoms with E-state index in [4.69, 9.17) is 31.1 Å². The molecule has 1 saturated heterocycles. The van der Waals surface area contributed by atoms with Crippen molar-refractivity contribution in [1.82, 2.24) is 4.98 Å². The van der Waals surface area contributed by atoms with Gasteiger partial charge < -0.3 is 19.5 Å². The fourth-order valence-corrected chi connectivity index (χ4v) is 3.58. The third-order valence-electron chi connectivity index (χ3n) is 4.99. The molecule has 0 aliphatic carbocycles. The van der Waals surface area contributed by atoms with Gasteiger partial charge in [-0.1, -0.05) is 17.7 Å². The summed E-state index contributed by atoms with van der Waals surface area (Å²) in [4.78, 5) is 4.28. The highest BCUT2D eigenvalue weighted by Gasteiger charge is 2.35. The van der Waals surface area contributed by atoms with Gasteiger partial charge in [0.2, 0.25) is 6.79 Å². The topological polar surface area (TPSA) is 76.4 Å².